The summed E-state index contributed by atoms with van der Waals surface area (Å²) < 4.78 is 5.55. The van der Waals surface area contributed by atoms with Crippen LogP contribution in [-0.2, 0) is 16.0 Å². The van der Waals surface area contributed by atoms with Crippen molar-refractivity contribution < 1.29 is 24.5 Å². The molecule has 0 aromatic heterocycles. The van der Waals surface area contributed by atoms with Crippen LogP contribution in [0.15, 0.2) is 78.9 Å². The van der Waals surface area contributed by atoms with E-state index in [0.717, 1.165) is 27.8 Å². The molecule has 0 fully saturated rings. The number of carboxylic acids is 1. The molecule has 4 rings (SSSR count). The Morgan fingerprint density at radius 3 is 2.03 bits per heavy atom. The summed E-state index contributed by atoms with van der Waals surface area (Å²) in [5.41, 5.74) is 5.36. The van der Waals surface area contributed by atoms with Gasteiger partial charge in [0.15, 0.2) is 0 Å². The third-order valence-electron chi connectivity index (χ3n) is 5.79. The molecule has 1 aliphatic carbocycles. The van der Waals surface area contributed by atoms with Gasteiger partial charge in [-0.05, 0) is 34.2 Å². The fourth-order valence-corrected chi connectivity index (χ4v) is 4.26. The molecule has 0 bridgehead atoms. The molecule has 0 spiro atoms. The highest BCUT2D eigenvalue weighted by Gasteiger charge is 2.30. The summed E-state index contributed by atoms with van der Waals surface area (Å²) >= 11 is 0. The van der Waals surface area contributed by atoms with Crippen LogP contribution in [0, 0.1) is 0 Å². The van der Waals surface area contributed by atoms with Gasteiger partial charge >= 0.3 is 12.1 Å². The van der Waals surface area contributed by atoms with E-state index in [1.807, 2.05) is 66.7 Å². The number of aliphatic carboxylic acids is 1. The maximum Gasteiger partial charge on any atom is 0.407 e. The van der Waals surface area contributed by atoms with E-state index in [0.29, 0.717) is 6.42 Å². The molecule has 0 radical (unpaired) electrons. The zero-order valence-corrected chi connectivity index (χ0v) is 17.5. The number of aliphatic hydroxyl groups excluding tert-OH is 1. The van der Waals surface area contributed by atoms with Gasteiger partial charge in [0.05, 0.1) is 18.6 Å². The molecule has 3 aromatic rings. The van der Waals surface area contributed by atoms with Gasteiger partial charge in [-0.25, -0.2) is 4.79 Å². The van der Waals surface area contributed by atoms with Gasteiger partial charge < -0.3 is 20.3 Å². The number of hydrogen-bond acceptors (Lipinski definition) is 4. The standard InChI is InChI=1S/C26H25NO5/c28-24(15-25(29)30)23(14-17-8-2-1-3-9-17)27-26(31)32-16-22-20-12-6-4-10-18(20)19-11-5-7-13-21(19)22/h1-13,22-24,28H,14-16H2,(H,27,31)(H,29,30)/t23?,24-/m0/s1. The number of carboxylic acid groups (broad SMARTS) is 1. The number of aliphatic hydroxyl groups is 1. The van der Waals surface area contributed by atoms with Crippen molar-refractivity contribution in [3.05, 3.63) is 95.6 Å². The van der Waals surface area contributed by atoms with E-state index in [2.05, 4.69) is 17.4 Å². The topological polar surface area (TPSA) is 95.9 Å². The maximum atomic E-state index is 12.6. The second-order valence-electron chi connectivity index (χ2n) is 7.93. The smallest absolute Gasteiger partial charge is 0.407 e. The lowest BCUT2D eigenvalue weighted by Gasteiger charge is -2.24. The summed E-state index contributed by atoms with van der Waals surface area (Å²) in [5, 5.41) is 22.1. The second kappa shape index (κ2) is 9.66. The molecule has 0 saturated carbocycles. The molecule has 6 heteroatoms. The molecule has 0 heterocycles. The highest BCUT2D eigenvalue weighted by molar-refractivity contribution is 5.79. The van der Waals surface area contributed by atoms with Crippen molar-refractivity contribution in [3.8, 4) is 11.1 Å². The van der Waals surface area contributed by atoms with E-state index >= 15 is 0 Å². The lowest BCUT2D eigenvalue weighted by Crippen LogP contribution is -2.46. The Hall–Kier alpha value is -3.64. The SMILES string of the molecule is O=C(O)C[C@H](O)C(Cc1ccccc1)NC(=O)OCC1c2ccccc2-c2ccccc21. The summed E-state index contributed by atoms with van der Waals surface area (Å²) in [6, 6.07) is 24.6. The van der Waals surface area contributed by atoms with Crippen molar-refractivity contribution in [1.82, 2.24) is 5.32 Å². The predicted molar refractivity (Wildman–Crippen MR) is 120 cm³/mol. The number of ether oxygens (including phenoxy) is 1. The molecule has 0 saturated heterocycles. The highest BCUT2D eigenvalue weighted by Crippen LogP contribution is 2.44. The van der Waals surface area contributed by atoms with Crippen LogP contribution in [0.3, 0.4) is 0 Å². The zero-order chi connectivity index (χ0) is 22.5. The van der Waals surface area contributed by atoms with Crippen LogP contribution in [0.5, 0.6) is 0 Å². The Kier molecular flexibility index (Phi) is 6.52. The molecule has 1 unspecified atom stereocenters. The quantitative estimate of drug-likeness (QED) is 0.502. The van der Waals surface area contributed by atoms with Crippen LogP contribution < -0.4 is 5.32 Å². The first-order valence-electron chi connectivity index (χ1n) is 10.6. The number of alkyl carbamates (subject to hydrolysis) is 1. The van der Waals surface area contributed by atoms with Gasteiger partial charge in [0.25, 0.3) is 0 Å². The van der Waals surface area contributed by atoms with E-state index in [4.69, 9.17) is 9.84 Å². The van der Waals surface area contributed by atoms with E-state index in [1.165, 1.54) is 0 Å². The van der Waals surface area contributed by atoms with Gasteiger partial charge in [0, 0.05) is 5.92 Å². The van der Waals surface area contributed by atoms with Crippen molar-refractivity contribution >= 4 is 12.1 Å². The monoisotopic (exact) mass is 431 g/mol. The van der Waals surface area contributed by atoms with Gasteiger partial charge in [-0.2, -0.15) is 0 Å². The van der Waals surface area contributed by atoms with Crippen LogP contribution in [-0.4, -0.2) is 41.0 Å². The number of hydrogen-bond donors (Lipinski definition) is 3. The van der Waals surface area contributed by atoms with Crippen LogP contribution in [0.2, 0.25) is 0 Å². The van der Waals surface area contributed by atoms with Crippen molar-refractivity contribution in [2.75, 3.05) is 6.61 Å². The average molecular weight is 431 g/mol. The zero-order valence-electron chi connectivity index (χ0n) is 17.5. The lowest BCUT2D eigenvalue weighted by atomic mass is 9.98. The fraction of sp³-hybridized carbons (Fsp3) is 0.231. The molecule has 6 nitrogen and oxygen atoms in total. The summed E-state index contributed by atoms with van der Waals surface area (Å²) in [6.07, 6.45) is -2.11. The first kappa shape index (κ1) is 21.6. The molecule has 164 valence electrons. The van der Waals surface area contributed by atoms with Crippen LogP contribution in [0.25, 0.3) is 11.1 Å². The van der Waals surface area contributed by atoms with Crippen LogP contribution >= 0.6 is 0 Å². The van der Waals surface area contributed by atoms with Crippen molar-refractivity contribution in [1.29, 1.82) is 0 Å². The molecule has 1 aliphatic rings. The molecule has 3 aromatic carbocycles. The Morgan fingerprint density at radius 1 is 0.875 bits per heavy atom. The summed E-state index contributed by atoms with van der Waals surface area (Å²) in [7, 11) is 0. The minimum atomic E-state index is -1.24. The van der Waals surface area contributed by atoms with E-state index in [-0.39, 0.29) is 12.5 Å². The van der Waals surface area contributed by atoms with Crippen molar-refractivity contribution in [2.24, 2.45) is 0 Å². The van der Waals surface area contributed by atoms with Gasteiger partial charge in [0.2, 0.25) is 0 Å². The number of amides is 1. The van der Waals surface area contributed by atoms with Gasteiger partial charge in [-0.3, -0.25) is 4.79 Å². The van der Waals surface area contributed by atoms with Gasteiger partial charge in [-0.15, -0.1) is 0 Å². The molecule has 2 atom stereocenters. The number of nitrogens with one attached hydrogen (secondary N) is 1. The lowest BCUT2D eigenvalue weighted by molar-refractivity contribution is -0.139. The minimum Gasteiger partial charge on any atom is -0.481 e. The van der Waals surface area contributed by atoms with Gasteiger partial charge in [0.1, 0.15) is 6.61 Å². The number of benzene rings is 3. The van der Waals surface area contributed by atoms with Crippen molar-refractivity contribution in [2.45, 2.75) is 30.9 Å². The van der Waals surface area contributed by atoms with Crippen LogP contribution in [0.4, 0.5) is 4.79 Å². The molecule has 0 aliphatic heterocycles. The number of carbonyl (C=O) groups is 2. The molecular formula is C26H25NO5. The number of rotatable bonds is 8. The molecule has 1 amide bonds. The summed E-state index contributed by atoms with van der Waals surface area (Å²) in [4.78, 5) is 23.7. The number of fused-ring (bicyclic) bond motifs is 3. The predicted octanol–water partition coefficient (Wildman–Crippen LogP) is 3.97. The fourth-order valence-electron chi connectivity index (χ4n) is 4.26. The van der Waals surface area contributed by atoms with E-state index in [1.54, 1.807) is 0 Å². The average Bonchev–Trinajstić information content (AvgIpc) is 3.11. The second-order valence-corrected chi connectivity index (χ2v) is 7.93. The third kappa shape index (κ3) is 4.81. The normalized spacial score (nSPS) is 14.2. The highest BCUT2D eigenvalue weighted by atomic mass is 16.5. The Bertz CT molecular complexity index is 1050. The summed E-state index contributed by atoms with van der Waals surface area (Å²) in [5.74, 6) is -1.21. The van der Waals surface area contributed by atoms with Crippen molar-refractivity contribution in [3.63, 3.8) is 0 Å². The van der Waals surface area contributed by atoms with E-state index < -0.39 is 30.6 Å². The number of carbonyl (C=O) groups excluding carboxylic acids is 1. The summed E-state index contributed by atoms with van der Waals surface area (Å²) in [6.45, 7) is 0.146. The Morgan fingerprint density at radius 2 is 1.44 bits per heavy atom. The van der Waals surface area contributed by atoms with Crippen LogP contribution in [0.1, 0.15) is 29.0 Å². The minimum absolute atomic E-state index is 0.0790. The largest absolute Gasteiger partial charge is 0.481 e. The molecule has 3 N–H and O–H groups in total. The Balaban J connectivity index is 1.45. The first-order chi connectivity index (χ1) is 15.5. The first-order valence-corrected chi connectivity index (χ1v) is 10.6. The van der Waals surface area contributed by atoms with E-state index in [9.17, 15) is 14.7 Å². The Labute approximate surface area is 186 Å². The molecular weight excluding hydrogens is 406 g/mol. The molecule has 32 heavy (non-hydrogen) atoms. The maximum absolute atomic E-state index is 12.6. The van der Waals surface area contributed by atoms with Gasteiger partial charge in [-0.1, -0.05) is 78.9 Å². The third-order valence-corrected chi connectivity index (χ3v) is 5.79.